The lowest BCUT2D eigenvalue weighted by atomic mass is 9.76. The van der Waals surface area contributed by atoms with Gasteiger partial charge in [0.2, 0.25) is 0 Å². The van der Waals surface area contributed by atoms with E-state index < -0.39 is 23.3 Å². The fourth-order valence-corrected chi connectivity index (χ4v) is 2.77. The van der Waals surface area contributed by atoms with E-state index in [0.29, 0.717) is 0 Å². The Hall–Kier alpha value is -2.63. The molecule has 0 spiro atoms. The van der Waals surface area contributed by atoms with Crippen LogP contribution in [0.2, 0.25) is 0 Å². The second kappa shape index (κ2) is 11.2. The average Bonchev–Trinajstić information content (AvgIpc) is 2.62. The van der Waals surface area contributed by atoms with Gasteiger partial charge in [-0.25, -0.2) is 0 Å². The molecule has 0 aliphatic carbocycles. The van der Waals surface area contributed by atoms with Gasteiger partial charge in [-0.2, -0.15) is 0 Å². The minimum atomic E-state index is -1.50. The molecule has 0 N–H and O–H groups in total. The minimum absolute atomic E-state index is 0.0776. The summed E-state index contributed by atoms with van der Waals surface area (Å²) < 4.78 is 15.4. The standard InChI is InChI=1S/C21H28O6/c1-5-25-19(23)21(20(24)26-6-2,15-18-10-8-7-9-11-18)14-16(3)12-13-27-17(4)22/h7-12H,5-6,13-15H2,1-4H3/b16-12+. The Balaban J connectivity index is 3.25. The van der Waals surface area contributed by atoms with Crippen LogP contribution in [-0.2, 0) is 35.0 Å². The van der Waals surface area contributed by atoms with Gasteiger partial charge in [0.15, 0.2) is 5.41 Å². The first-order valence-electron chi connectivity index (χ1n) is 9.03. The normalized spacial score (nSPS) is 11.6. The van der Waals surface area contributed by atoms with Crippen molar-refractivity contribution in [2.75, 3.05) is 19.8 Å². The van der Waals surface area contributed by atoms with E-state index in [4.69, 9.17) is 14.2 Å². The second-order valence-electron chi connectivity index (χ2n) is 6.22. The number of hydrogen-bond acceptors (Lipinski definition) is 6. The van der Waals surface area contributed by atoms with Crippen LogP contribution >= 0.6 is 0 Å². The zero-order valence-corrected chi connectivity index (χ0v) is 16.4. The number of hydrogen-bond donors (Lipinski definition) is 0. The fraction of sp³-hybridized carbons (Fsp3) is 0.476. The first kappa shape index (κ1) is 22.4. The van der Waals surface area contributed by atoms with Gasteiger partial charge in [0, 0.05) is 6.92 Å². The SMILES string of the molecule is CCOC(=O)C(C/C(C)=C/COC(C)=O)(Cc1ccccc1)C(=O)OCC. The van der Waals surface area contributed by atoms with Crippen LogP contribution in [0.3, 0.4) is 0 Å². The van der Waals surface area contributed by atoms with Gasteiger partial charge in [0.25, 0.3) is 0 Å². The molecule has 0 amide bonds. The van der Waals surface area contributed by atoms with Gasteiger partial charge < -0.3 is 14.2 Å². The van der Waals surface area contributed by atoms with Crippen molar-refractivity contribution in [2.24, 2.45) is 5.41 Å². The lowest BCUT2D eigenvalue weighted by Crippen LogP contribution is -2.44. The molecule has 1 rings (SSSR count). The predicted molar refractivity (Wildman–Crippen MR) is 101 cm³/mol. The quantitative estimate of drug-likeness (QED) is 0.270. The first-order chi connectivity index (χ1) is 12.9. The number of benzene rings is 1. The maximum Gasteiger partial charge on any atom is 0.324 e. The summed E-state index contributed by atoms with van der Waals surface area (Å²) in [7, 11) is 0. The lowest BCUT2D eigenvalue weighted by Gasteiger charge is -2.29. The third kappa shape index (κ3) is 6.89. The van der Waals surface area contributed by atoms with Gasteiger partial charge in [-0.1, -0.05) is 35.9 Å². The molecule has 0 fully saturated rings. The number of carbonyl (C=O) groups is 3. The molecule has 148 valence electrons. The maximum atomic E-state index is 12.9. The molecule has 0 radical (unpaired) electrons. The molecule has 1 aromatic rings. The van der Waals surface area contributed by atoms with Crippen LogP contribution in [0, 0.1) is 5.41 Å². The summed E-state index contributed by atoms with van der Waals surface area (Å²) in [5.74, 6) is -1.63. The molecule has 0 saturated heterocycles. The molecule has 1 aromatic carbocycles. The monoisotopic (exact) mass is 376 g/mol. The van der Waals surface area contributed by atoms with E-state index in [1.807, 2.05) is 30.3 Å². The van der Waals surface area contributed by atoms with Crippen molar-refractivity contribution >= 4 is 17.9 Å². The van der Waals surface area contributed by atoms with Crippen molar-refractivity contribution in [3.05, 3.63) is 47.5 Å². The molecule has 0 heterocycles. The summed E-state index contributed by atoms with van der Waals surface area (Å²) >= 11 is 0. The molecule has 0 aliphatic rings. The van der Waals surface area contributed by atoms with Gasteiger partial charge in [0.05, 0.1) is 13.2 Å². The Bertz CT molecular complexity index is 645. The molecule has 0 atom stereocenters. The minimum Gasteiger partial charge on any atom is -0.465 e. The Kier molecular flexibility index (Phi) is 9.26. The van der Waals surface area contributed by atoms with Crippen LogP contribution in [0.5, 0.6) is 0 Å². The zero-order valence-electron chi connectivity index (χ0n) is 16.4. The maximum absolute atomic E-state index is 12.9. The summed E-state index contributed by atoms with van der Waals surface area (Å²) in [6.45, 7) is 6.88. The zero-order chi connectivity index (χ0) is 20.3. The van der Waals surface area contributed by atoms with Crippen LogP contribution in [0.1, 0.15) is 39.7 Å². The molecule has 0 aromatic heterocycles. The molecule has 6 nitrogen and oxygen atoms in total. The number of ether oxygens (including phenoxy) is 3. The third-order valence-electron chi connectivity index (χ3n) is 3.98. The summed E-state index contributed by atoms with van der Waals surface area (Å²) in [5.41, 5.74) is 0.0594. The molecule has 0 aliphatic heterocycles. The van der Waals surface area contributed by atoms with Crippen molar-refractivity contribution in [3.8, 4) is 0 Å². The van der Waals surface area contributed by atoms with Crippen LogP contribution in [0.4, 0.5) is 0 Å². The van der Waals surface area contributed by atoms with E-state index in [2.05, 4.69) is 0 Å². The van der Waals surface area contributed by atoms with E-state index in [9.17, 15) is 14.4 Å². The highest BCUT2D eigenvalue weighted by molar-refractivity contribution is 6.00. The topological polar surface area (TPSA) is 78.9 Å². The summed E-state index contributed by atoms with van der Waals surface area (Å²) in [5, 5.41) is 0. The first-order valence-corrected chi connectivity index (χ1v) is 9.03. The van der Waals surface area contributed by atoms with Crippen molar-refractivity contribution in [2.45, 2.75) is 40.5 Å². The van der Waals surface area contributed by atoms with E-state index >= 15 is 0 Å². The highest BCUT2D eigenvalue weighted by Crippen LogP contribution is 2.34. The van der Waals surface area contributed by atoms with Crippen LogP contribution in [-0.4, -0.2) is 37.7 Å². The molecule has 6 heteroatoms. The number of allylic oxidation sites excluding steroid dienone is 1. The Morgan fingerprint density at radius 1 is 0.926 bits per heavy atom. The highest BCUT2D eigenvalue weighted by Gasteiger charge is 2.49. The van der Waals surface area contributed by atoms with E-state index in [1.54, 1.807) is 26.8 Å². The van der Waals surface area contributed by atoms with Crippen molar-refractivity contribution in [3.63, 3.8) is 0 Å². The second-order valence-corrected chi connectivity index (χ2v) is 6.22. The lowest BCUT2D eigenvalue weighted by molar-refractivity contribution is -0.172. The van der Waals surface area contributed by atoms with Crippen LogP contribution < -0.4 is 0 Å². The summed E-state index contributed by atoms with van der Waals surface area (Å²) in [6, 6.07) is 9.26. The molecular formula is C21H28O6. The molecule has 0 bridgehead atoms. The van der Waals surface area contributed by atoms with Gasteiger partial charge in [-0.05, 0) is 45.3 Å². The third-order valence-corrected chi connectivity index (χ3v) is 3.98. The number of carbonyl (C=O) groups excluding carboxylic acids is 3. The average molecular weight is 376 g/mol. The molecular weight excluding hydrogens is 348 g/mol. The Labute approximate surface area is 160 Å². The molecule has 0 saturated carbocycles. The number of rotatable bonds is 10. The largest absolute Gasteiger partial charge is 0.465 e. The van der Waals surface area contributed by atoms with Crippen molar-refractivity contribution in [1.29, 1.82) is 0 Å². The molecule has 27 heavy (non-hydrogen) atoms. The van der Waals surface area contributed by atoms with Crippen molar-refractivity contribution in [1.82, 2.24) is 0 Å². The van der Waals surface area contributed by atoms with E-state index in [0.717, 1.165) is 11.1 Å². The Morgan fingerprint density at radius 2 is 1.48 bits per heavy atom. The van der Waals surface area contributed by atoms with E-state index in [-0.39, 0.29) is 32.7 Å². The smallest absolute Gasteiger partial charge is 0.324 e. The van der Waals surface area contributed by atoms with Crippen LogP contribution in [0.15, 0.2) is 42.0 Å². The van der Waals surface area contributed by atoms with Gasteiger partial charge in [0.1, 0.15) is 6.61 Å². The summed E-state index contributed by atoms with van der Waals surface area (Å²) in [6.07, 6.45) is 1.95. The Morgan fingerprint density at radius 3 is 1.96 bits per heavy atom. The highest BCUT2D eigenvalue weighted by atomic mass is 16.6. The van der Waals surface area contributed by atoms with Crippen molar-refractivity contribution < 1.29 is 28.6 Å². The van der Waals surface area contributed by atoms with Gasteiger partial charge >= 0.3 is 17.9 Å². The van der Waals surface area contributed by atoms with E-state index in [1.165, 1.54) is 6.92 Å². The predicted octanol–water partition coefficient (Wildman–Crippen LogP) is 3.24. The van der Waals surface area contributed by atoms with Crippen LogP contribution in [0.25, 0.3) is 0 Å². The number of esters is 3. The van der Waals surface area contributed by atoms with Gasteiger partial charge in [-0.15, -0.1) is 0 Å². The summed E-state index contributed by atoms with van der Waals surface area (Å²) in [4.78, 5) is 36.7. The fourth-order valence-electron chi connectivity index (χ4n) is 2.77. The van der Waals surface area contributed by atoms with Gasteiger partial charge in [-0.3, -0.25) is 14.4 Å². The molecule has 0 unspecified atom stereocenters.